The van der Waals surface area contributed by atoms with Crippen LogP contribution in [0.3, 0.4) is 0 Å². The summed E-state index contributed by atoms with van der Waals surface area (Å²) in [5.74, 6) is 0.827. The van der Waals surface area contributed by atoms with Gasteiger partial charge in [0.05, 0.1) is 0 Å². The van der Waals surface area contributed by atoms with E-state index in [1.54, 1.807) is 0 Å². The summed E-state index contributed by atoms with van der Waals surface area (Å²) >= 11 is 5.38. The molecule has 0 aliphatic heterocycles. The molecule has 1 heteroatoms. The first-order valence-corrected chi connectivity index (χ1v) is 10.9. The molecule has 0 heterocycles. The molecule has 22 heavy (non-hydrogen) atoms. The molecule has 0 aliphatic rings. The van der Waals surface area contributed by atoms with Crippen molar-refractivity contribution < 1.29 is 0 Å². The van der Waals surface area contributed by atoms with Crippen LogP contribution < -0.4 is 0 Å². The Bertz CT molecular complexity index is 138. The van der Waals surface area contributed by atoms with Gasteiger partial charge in [0.25, 0.3) is 0 Å². The topological polar surface area (TPSA) is 0 Å². The van der Waals surface area contributed by atoms with E-state index in [0.717, 1.165) is 5.88 Å². The third-order valence-electron chi connectivity index (χ3n) is 4.19. The Kier molecular flexibility index (Phi) is 29.2. The Morgan fingerprint density at radius 3 is 0.773 bits per heavy atom. The van der Waals surface area contributed by atoms with E-state index >= 15 is 0 Å². The van der Waals surface area contributed by atoms with Gasteiger partial charge in [-0.1, -0.05) is 124 Å². The fraction of sp³-hybridized carbons (Fsp3) is 1.00. The van der Waals surface area contributed by atoms with E-state index in [1.807, 2.05) is 0 Å². The van der Waals surface area contributed by atoms with E-state index in [0.29, 0.717) is 0 Å². The van der Waals surface area contributed by atoms with E-state index in [1.165, 1.54) is 109 Å². The highest BCUT2D eigenvalue weighted by atomic mass is 35.5. The molecule has 0 amide bonds. The van der Waals surface area contributed by atoms with Crippen LogP contribution in [-0.2, 0) is 0 Å². The lowest BCUT2D eigenvalue weighted by atomic mass is 10.0. The van der Waals surface area contributed by atoms with Gasteiger partial charge in [-0.05, 0) is 6.42 Å². The summed E-state index contributed by atoms with van der Waals surface area (Å²) in [6.07, 6.45) is 24.1. The minimum atomic E-state index is 0.827. The number of rotatable bonds is 16. The molecule has 0 saturated carbocycles. The summed E-state index contributed by atoms with van der Waals surface area (Å²) in [5, 5.41) is 0. The molecule has 0 aliphatic carbocycles. The van der Waals surface area contributed by atoms with E-state index < -0.39 is 0 Å². The van der Waals surface area contributed by atoms with Gasteiger partial charge in [0.2, 0.25) is 0 Å². The molecule has 0 radical (unpaired) electrons. The van der Waals surface area contributed by atoms with E-state index in [4.69, 9.17) is 11.6 Å². The normalized spacial score (nSPS) is 10.4. The molecule has 0 unspecified atom stereocenters. The van der Waals surface area contributed by atoms with Crippen LogP contribution in [0.2, 0.25) is 0 Å². The minimum Gasteiger partial charge on any atom is -0.127 e. The zero-order chi connectivity index (χ0) is 16.7. The average molecular weight is 333 g/mol. The van der Waals surface area contributed by atoms with Crippen molar-refractivity contribution in [1.82, 2.24) is 0 Å². The summed E-state index contributed by atoms with van der Waals surface area (Å²) < 4.78 is 0. The first kappa shape index (κ1) is 24.5. The Balaban J connectivity index is 0. The van der Waals surface area contributed by atoms with Gasteiger partial charge in [-0.3, -0.25) is 0 Å². The van der Waals surface area contributed by atoms with Crippen molar-refractivity contribution >= 4 is 11.6 Å². The smallest absolute Gasteiger partial charge is 0.0223 e. The molecule has 0 nitrogen and oxygen atoms in total. The number of unbranched alkanes of at least 4 members (excludes halogenated alkanes) is 15. The van der Waals surface area contributed by atoms with Crippen molar-refractivity contribution in [3.63, 3.8) is 0 Å². The Morgan fingerprint density at radius 2 is 0.591 bits per heavy atom. The van der Waals surface area contributed by atoms with Gasteiger partial charge in [-0.2, -0.15) is 0 Å². The highest BCUT2D eigenvalue weighted by molar-refractivity contribution is 6.17. The lowest BCUT2D eigenvalue weighted by Crippen LogP contribution is -1.82. The number of hydrogen-bond acceptors (Lipinski definition) is 0. The molecule has 0 N–H and O–H groups in total. The lowest BCUT2D eigenvalue weighted by molar-refractivity contribution is 0.538. The Morgan fingerprint density at radius 1 is 0.364 bits per heavy atom. The predicted molar refractivity (Wildman–Crippen MR) is 106 cm³/mol. The van der Waals surface area contributed by atoms with Crippen LogP contribution in [0.25, 0.3) is 0 Å². The molecular formula is C21H45Cl. The van der Waals surface area contributed by atoms with E-state index in [2.05, 4.69) is 20.8 Å². The van der Waals surface area contributed by atoms with Crippen LogP contribution in [0.4, 0.5) is 0 Å². The SMILES string of the molecule is CCCCCCCCCCCCCCCC.CCCCCCl. The summed E-state index contributed by atoms with van der Waals surface area (Å²) in [4.78, 5) is 0. The summed E-state index contributed by atoms with van der Waals surface area (Å²) in [6, 6.07) is 0. The number of alkyl halides is 1. The van der Waals surface area contributed by atoms with Crippen molar-refractivity contribution in [1.29, 1.82) is 0 Å². The van der Waals surface area contributed by atoms with Crippen molar-refractivity contribution in [3.8, 4) is 0 Å². The second-order valence-corrected chi connectivity index (χ2v) is 7.02. The Labute approximate surface area is 147 Å². The van der Waals surface area contributed by atoms with Gasteiger partial charge < -0.3 is 0 Å². The maximum Gasteiger partial charge on any atom is 0.0223 e. The van der Waals surface area contributed by atoms with Crippen LogP contribution in [0.1, 0.15) is 130 Å². The molecular weight excluding hydrogens is 288 g/mol. The zero-order valence-corrected chi connectivity index (χ0v) is 16.9. The summed E-state index contributed by atoms with van der Waals surface area (Å²) in [5.41, 5.74) is 0. The van der Waals surface area contributed by atoms with Gasteiger partial charge in [-0.25, -0.2) is 0 Å². The predicted octanol–water partition coefficient (Wildman–Crippen LogP) is 8.90. The molecule has 0 rings (SSSR count). The van der Waals surface area contributed by atoms with Gasteiger partial charge in [-0.15, -0.1) is 11.6 Å². The van der Waals surface area contributed by atoms with Crippen LogP contribution in [0, 0.1) is 0 Å². The number of halogens is 1. The fourth-order valence-electron chi connectivity index (χ4n) is 2.61. The molecule has 0 spiro atoms. The molecule has 0 bridgehead atoms. The van der Waals surface area contributed by atoms with E-state index in [-0.39, 0.29) is 0 Å². The molecule has 136 valence electrons. The summed E-state index contributed by atoms with van der Waals surface area (Å²) in [7, 11) is 0. The maximum atomic E-state index is 5.38. The van der Waals surface area contributed by atoms with E-state index in [9.17, 15) is 0 Å². The second-order valence-electron chi connectivity index (χ2n) is 6.64. The molecule has 0 aromatic heterocycles. The lowest BCUT2D eigenvalue weighted by Gasteiger charge is -2.02. The summed E-state index contributed by atoms with van der Waals surface area (Å²) in [6.45, 7) is 6.75. The third kappa shape index (κ3) is 28.5. The highest BCUT2D eigenvalue weighted by Crippen LogP contribution is 2.12. The first-order chi connectivity index (χ1) is 10.8. The maximum absolute atomic E-state index is 5.38. The van der Waals surface area contributed by atoms with Crippen LogP contribution in [0.15, 0.2) is 0 Å². The van der Waals surface area contributed by atoms with Crippen LogP contribution >= 0.6 is 11.6 Å². The van der Waals surface area contributed by atoms with Gasteiger partial charge >= 0.3 is 0 Å². The van der Waals surface area contributed by atoms with Gasteiger partial charge in [0.1, 0.15) is 0 Å². The second kappa shape index (κ2) is 26.2. The number of hydrogen-bond donors (Lipinski definition) is 0. The Hall–Kier alpha value is 0.290. The quantitative estimate of drug-likeness (QED) is 0.195. The largest absolute Gasteiger partial charge is 0.127 e. The van der Waals surface area contributed by atoms with Crippen molar-refractivity contribution in [2.45, 2.75) is 130 Å². The zero-order valence-electron chi connectivity index (χ0n) is 16.1. The van der Waals surface area contributed by atoms with Crippen molar-refractivity contribution in [2.24, 2.45) is 0 Å². The fourth-order valence-corrected chi connectivity index (χ4v) is 2.80. The molecule has 0 fully saturated rings. The monoisotopic (exact) mass is 332 g/mol. The minimum absolute atomic E-state index is 0.827. The molecule has 0 atom stereocenters. The third-order valence-corrected chi connectivity index (χ3v) is 4.46. The molecule has 0 saturated heterocycles. The average Bonchev–Trinajstić information content (AvgIpc) is 2.54. The molecule has 0 aromatic carbocycles. The van der Waals surface area contributed by atoms with Crippen molar-refractivity contribution in [2.75, 3.05) is 5.88 Å². The molecule has 0 aromatic rings. The van der Waals surface area contributed by atoms with Crippen molar-refractivity contribution in [3.05, 3.63) is 0 Å². The standard InChI is InChI=1S/C16H34.C5H11Cl/c1-3-5-7-9-11-13-15-16-14-12-10-8-6-4-2;1-2-3-4-5-6/h3-16H2,1-2H3;2-5H2,1H3. The van der Waals surface area contributed by atoms with Crippen LogP contribution in [-0.4, -0.2) is 5.88 Å². The van der Waals surface area contributed by atoms with Gasteiger partial charge in [0.15, 0.2) is 0 Å². The van der Waals surface area contributed by atoms with Crippen LogP contribution in [0.5, 0.6) is 0 Å². The highest BCUT2D eigenvalue weighted by Gasteiger charge is 1.92. The first-order valence-electron chi connectivity index (χ1n) is 10.4. The van der Waals surface area contributed by atoms with Gasteiger partial charge in [0, 0.05) is 5.88 Å².